The fourth-order valence-corrected chi connectivity index (χ4v) is 2.39. The summed E-state index contributed by atoms with van der Waals surface area (Å²) in [5.74, 6) is -0.297. The van der Waals surface area contributed by atoms with E-state index < -0.39 is 11.8 Å². The quantitative estimate of drug-likeness (QED) is 0.847. The predicted octanol–water partition coefficient (Wildman–Crippen LogP) is 1.12. The van der Waals surface area contributed by atoms with Crippen molar-refractivity contribution in [1.82, 2.24) is 10.2 Å². The fourth-order valence-electron chi connectivity index (χ4n) is 2.39. The molecule has 0 unspecified atom stereocenters. The van der Waals surface area contributed by atoms with Crippen molar-refractivity contribution in [3.05, 3.63) is 29.8 Å². The third-order valence-corrected chi connectivity index (χ3v) is 3.72. The van der Waals surface area contributed by atoms with E-state index >= 15 is 0 Å². The molecule has 1 heterocycles. The lowest BCUT2D eigenvalue weighted by Gasteiger charge is -2.27. The summed E-state index contributed by atoms with van der Waals surface area (Å²) in [6.07, 6.45) is 0.703. The van der Waals surface area contributed by atoms with Crippen LogP contribution in [-0.4, -0.2) is 50.1 Å². The molecule has 1 aliphatic heterocycles. The Bertz CT molecular complexity index is 509. The molecule has 0 bridgehead atoms. The average Bonchev–Trinajstić information content (AvgIpc) is 2.59. The maximum atomic E-state index is 12.1. The summed E-state index contributed by atoms with van der Waals surface area (Å²) < 4.78 is 10.3. The number of hydrogen-bond donors (Lipinski definition) is 1. The highest BCUT2D eigenvalue weighted by molar-refractivity contribution is 6.35. The van der Waals surface area contributed by atoms with Gasteiger partial charge in [0, 0.05) is 13.1 Å². The Morgan fingerprint density at radius 2 is 1.91 bits per heavy atom. The number of morpholine rings is 1. The molecular weight excluding hydrogens is 284 g/mol. The van der Waals surface area contributed by atoms with Crippen LogP contribution in [0.2, 0.25) is 0 Å². The minimum atomic E-state index is -0.565. The number of amides is 2. The summed E-state index contributed by atoms with van der Waals surface area (Å²) in [6, 6.07) is 7.28. The van der Waals surface area contributed by atoms with Crippen molar-refractivity contribution in [2.75, 3.05) is 33.4 Å². The minimum Gasteiger partial charge on any atom is -0.497 e. The van der Waals surface area contributed by atoms with E-state index in [1.807, 2.05) is 31.2 Å². The Hall–Kier alpha value is -2.08. The molecule has 0 spiro atoms. The molecular formula is C16H22N2O4. The Morgan fingerprint density at radius 1 is 1.27 bits per heavy atom. The van der Waals surface area contributed by atoms with Gasteiger partial charge in [-0.15, -0.1) is 0 Å². The summed E-state index contributed by atoms with van der Waals surface area (Å²) in [7, 11) is 1.61. The van der Waals surface area contributed by atoms with Crippen LogP contribution in [0.3, 0.4) is 0 Å². The number of hydrogen-bond acceptors (Lipinski definition) is 4. The van der Waals surface area contributed by atoms with E-state index in [4.69, 9.17) is 9.47 Å². The number of methoxy groups -OCH3 is 1. The monoisotopic (exact) mass is 306 g/mol. The Labute approximate surface area is 130 Å². The molecule has 0 aliphatic carbocycles. The van der Waals surface area contributed by atoms with Crippen LogP contribution in [0.25, 0.3) is 0 Å². The molecule has 2 amide bonds. The van der Waals surface area contributed by atoms with Gasteiger partial charge in [-0.05, 0) is 24.1 Å². The summed E-state index contributed by atoms with van der Waals surface area (Å²) in [5, 5.41) is 2.81. The van der Waals surface area contributed by atoms with E-state index in [0.29, 0.717) is 32.7 Å². The van der Waals surface area contributed by atoms with Gasteiger partial charge in [-0.1, -0.05) is 19.1 Å². The van der Waals surface area contributed by atoms with E-state index in [1.54, 1.807) is 7.11 Å². The first-order chi connectivity index (χ1) is 10.7. The third kappa shape index (κ3) is 3.98. The fraction of sp³-hybridized carbons (Fsp3) is 0.500. The van der Waals surface area contributed by atoms with Gasteiger partial charge in [-0.3, -0.25) is 9.59 Å². The number of rotatable bonds is 4. The van der Waals surface area contributed by atoms with Crippen molar-refractivity contribution in [1.29, 1.82) is 0 Å². The summed E-state index contributed by atoms with van der Waals surface area (Å²) in [6.45, 7) is 3.86. The number of benzene rings is 1. The molecule has 6 heteroatoms. The van der Waals surface area contributed by atoms with Gasteiger partial charge in [0.05, 0.1) is 26.4 Å². The van der Waals surface area contributed by atoms with Gasteiger partial charge in [-0.25, -0.2) is 0 Å². The van der Waals surface area contributed by atoms with Crippen LogP contribution in [0.5, 0.6) is 5.75 Å². The SMILES string of the molecule is CC[C@@H](NC(=O)C(=O)N1CCOCC1)c1ccc(OC)cc1. The number of nitrogens with one attached hydrogen (secondary N) is 1. The standard InChI is InChI=1S/C16H22N2O4/c1-3-14(12-4-6-13(21-2)7-5-12)17-15(19)16(20)18-8-10-22-11-9-18/h4-7,14H,3,8-11H2,1-2H3,(H,17,19)/t14-/m1/s1. The second kappa shape index (κ2) is 7.79. The first-order valence-electron chi connectivity index (χ1n) is 7.47. The van der Waals surface area contributed by atoms with Gasteiger partial charge in [0.25, 0.3) is 0 Å². The normalized spacial score (nSPS) is 16.0. The number of ether oxygens (including phenoxy) is 2. The van der Waals surface area contributed by atoms with E-state index in [9.17, 15) is 9.59 Å². The zero-order valence-electron chi connectivity index (χ0n) is 13.0. The maximum Gasteiger partial charge on any atom is 0.312 e. The van der Waals surface area contributed by atoms with Crippen molar-refractivity contribution in [3.8, 4) is 5.75 Å². The lowest BCUT2D eigenvalue weighted by molar-refractivity contribution is -0.148. The first-order valence-corrected chi connectivity index (χ1v) is 7.47. The van der Waals surface area contributed by atoms with Crippen LogP contribution in [0.1, 0.15) is 24.9 Å². The highest BCUT2D eigenvalue weighted by Gasteiger charge is 2.25. The predicted molar refractivity (Wildman–Crippen MR) is 81.6 cm³/mol. The topological polar surface area (TPSA) is 67.9 Å². The molecule has 1 N–H and O–H groups in total. The highest BCUT2D eigenvalue weighted by Crippen LogP contribution is 2.20. The smallest absolute Gasteiger partial charge is 0.312 e. The van der Waals surface area contributed by atoms with Crippen molar-refractivity contribution in [2.45, 2.75) is 19.4 Å². The largest absolute Gasteiger partial charge is 0.497 e. The van der Waals surface area contributed by atoms with Crippen LogP contribution < -0.4 is 10.1 Å². The van der Waals surface area contributed by atoms with Gasteiger partial charge < -0.3 is 19.7 Å². The van der Waals surface area contributed by atoms with Gasteiger partial charge in [0.2, 0.25) is 0 Å². The van der Waals surface area contributed by atoms with Crippen LogP contribution in [0, 0.1) is 0 Å². The zero-order chi connectivity index (χ0) is 15.9. The van der Waals surface area contributed by atoms with Crippen LogP contribution in [-0.2, 0) is 14.3 Å². The molecule has 0 aromatic heterocycles. The maximum absolute atomic E-state index is 12.1. The Morgan fingerprint density at radius 3 is 2.45 bits per heavy atom. The van der Waals surface area contributed by atoms with E-state index in [0.717, 1.165) is 11.3 Å². The van der Waals surface area contributed by atoms with Gasteiger partial charge in [0.15, 0.2) is 0 Å². The van der Waals surface area contributed by atoms with Gasteiger partial charge in [-0.2, -0.15) is 0 Å². The van der Waals surface area contributed by atoms with Gasteiger partial charge in [0.1, 0.15) is 5.75 Å². The Balaban J connectivity index is 1.98. The highest BCUT2D eigenvalue weighted by atomic mass is 16.5. The average molecular weight is 306 g/mol. The van der Waals surface area contributed by atoms with E-state index in [2.05, 4.69) is 5.32 Å². The molecule has 1 fully saturated rings. The van der Waals surface area contributed by atoms with Crippen molar-refractivity contribution < 1.29 is 19.1 Å². The van der Waals surface area contributed by atoms with Crippen molar-refractivity contribution in [3.63, 3.8) is 0 Å². The minimum absolute atomic E-state index is 0.191. The van der Waals surface area contributed by atoms with Crippen LogP contribution in [0.15, 0.2) is 24.3 Å². The third-order valence-electron chi connectivity index (χ3n) is 3.72. The number of carbonyl (C=O) groups is 2. The van der Waals surface area contributed by atoms with E-state index in [1.165, 1.54) is 4.90 Å². The molecule has 1 aromatic carbocycles. The lowest BCUT2D eigenvalue weighted by Crippen LogP contribution is -2.48. The molecule has 1 aromatic rings. The first kappa shape index (κ1) is 16.3. The molecule has 0 saturated carbocycles. The van der Waals surface area contributed by atoms with Gasteiger partial charge >= 0.3 is 11.8 Å². The molecule has 1 aliphatic rings. The molecule has 1 atom stereocenters. The molecule has 0 radical (unpaired) electrons. The Kier molecular flexibility index (Phi) is 5.77. The molecule has 6 nitrogen and oxygen atoms in total. The number of carbonyl (C=O) groups excluding carboxylic acids is 2. The lowest BCUT2D eigenvalue weighted by atomic mass is 10.0. The zero-order valence-corrected chi connectivity index (χ0v) is 13.0. The number of nitrogens with zero attached hydrogens (tertiary/aromatic N) is 1. The second-order valence-electron chi connectivity index (χ2n) is 5.11. The van der Waals surface area contributed by atoms with Crippen LogP contribution >= 0.6 is 0 Å². The molecule has 120 valence electrons. The molecule has 1 saturated heterocycles. The van der Waals surface area contributed by atoms with Crippen LogP contribution in [0.4, 0.5) is 0 Å². The van der Waals surface area contributed by atoms with E-state index in [-0.39, 0.29) is 6.04 Å². The van der Waals surface area contributed by atoms with Crippen molar-refractivity contribution in [2.24, 2.45) is 0 Å². The summed E-state index contributed by atoms with van der Waals surface area (Å²) in [5.41, 5.74) is 0.950. The summed E-state index contributed by atoms with van der Waals surface area (Å²) >= 11 is 0. The summed E-state index contributed by atoms with van der Waals surface area (Å²) in [4.78, 5) is 25.8. The van der Waals surface area contributed by atoms with Crippen molar-refractivity contribution >= 4 is 11.8 Å². The second-order valence-corrected chi connectivity index (χ2v) is 5.11. The molecule has 22 heavy (non-hydrogen) atoms. The molecule has 2 rings (SSSR count).